The van der Waals surface area contributed by atoms with Gasteiger partial charge in [-0.2, -0.15) is 4.37 Å². The van der Waals surface area contributed by atoms with Crippen molar-refractivity contribution in [3.05, 3.63) is 28.5 Å². The van der Waals surface area contributed by atoms with Gasteiger partial charge in [-0.3, -0.25) is 4.79 Å². The lowest BCUT2D eigenvalue weighted by Crippen LogP contribution is -2.19. The third-order valence-corrected chi connectivity index (χ3v) is 5.01. The van der Waals surface area contributed by atoms with Gasteiger partial charge in [0.1, 0.15) is 11.9 Å². The number of nitrogens with two attached hydrogens (primary N) is 1. The molecule has 1 atom stereocenters. The number of nitrogens with one attached hydrogen (secondary N) is 1. The molecule has 1 unspecified atom stereocenters. The van der Waals surface area contributed by atoms with E-state index in [1.165, 1.54) is 23.3 Å². The average Bonchev–Trinajstić information content (AvgIpc) is 2.87. The van der Waals surface area contributed by atoms with E-state index in [0.29, 0.717) is 10.7 Å². The van der Waals surface area contributed by atoms with Gasteiger partial charge in [-0.15, -0.1) is 0 Å². The van der Waals surface area contributed by atoms with Gasteiger partial charge in [-0.25, -0.2) is 4.98 Å². The first-order valence-corrected chi connectivity index (χ1v) is 7.39. The van der Waals surface area contributed by atoms with Crippen molar-refractivity contribution in [2.45, 2.75) is 22.2 Å². The van der Waals surface area contributed by atoms with E-state index in [9.17, 15) is 4.79 Å². The first-order chi connectivity index (χ1) is 9.04. The Labute approximate surface area is 122 Å². The lowest BCUT2D eigenvalue weighted by Gasteiger charge is -2.06. The second-order valence-corrected chi connectivity index (χ2v) is 6.49. The van der Waals surface area contributed by atoms with Gasteiger partial charge < -0.3 is 11.1 Å². The lowest BCUT2D eigenvalue weighted by molar-refractivity contribution is -0.116. The zero-order valence-electron chi connectivity index (χ0n) is 9.81. The summed E-state index contributed by atoms with van der Waals surface area (Å²) >= 11 is 8.96. The molecular weight excluding hydrogens is 304 g/mol. The summed E-state index contributed by atoms with van der Waals surface area (Å²) in [4.78, 5) is 16.6. The molecule has 0 saturated heterocycles. The summed E-state index contributed by atoms with van der Waals surface area (Å²) < 4.78 is 4.93. The first-order valence-electron chi connectivity index (χ1n) is 5.42. The molecular formula is C11H9ClN4OS2. The van der Waals surface area contributed by atoms with Crippen LogP contribution in [0.1, 0.15) is 17.4 Å². The Balaban J connectivity index is 1.96. The van der Waals surface area contributed by atoms with Crippen molar-refractivity contribution in [3.63, 3.8) is 0 Å². The van der Waals surface area contributed by atoms with Gasteiger partial charge in [0.15, 0.2) is 4.34 Å². The maximum atomic E-state index is 11.5. The fraction of sp³-hybridized carbons (Fsp3) is 0.182. The number of hydrogen-bond donors (Lipinski definition) is 2. The fourth-order valence-corrected chi connectivity index (χ4v) is 3.72. The highest BCUT2D eigenvalue weighted by atomic mass is 35.5. The molecule has 0 bridgehead atoms. The zero-order valence-corrected chi connectivity index (χ0v) is 12.2. The SMILES string of the molecule is Cc1nsc(Sc2cc3c(cc2Cl)C(N)C(=O)N3)n1. The number of fused-ring (bicyclic) bond motifs is 1. The third-order valence-electron chi connectivity index (χ3n) is 2.69. The standard InChI is InChI=1S/C11H9ClN4OS2/c1-4-14-11(19-16-4)18-8-3-7-5(2-6(8)12)9(13)10(17)15-7/h2-3,9H,13H2,1H3,(H,15,17). The molecule has 1 aromatic carbocycles. The van der Waals surface area contributed by atoms with Crippen molar-refractivity contribution in [2.24, 2.45) is 5.73 Å². The minimum atomic E-state index is -0.643. The maximum absolute atomic E-state index is 11.5. The molecule has 8 heteroatoms. The van der Waals surface area contributed by atoms with E-state index in [4.69, 9.17) is 17.3 Å². The molecule has 3 N–H and O–H groups in total. The normalized spacial score (nSPS) is 17.4. The van der Waals surface area contributed by atoms with Crippen molar-refractivity contribution in [1.82, 2.24) is 9.36 Å². The number of amides is 1. The van der Waals surface area contributed by atoms with E-state index in [2.05, 4.69) is 14.7 Å². The van der Waals surface area contributed by atoms with Crippen LogP contribution in [-0.4, -0.2) is 15.3 Å². The summed E-state index contributed by atoms with van der Waals surface area (Å²) in [5, 5.41) is 3.30. The molecule has 0 spiro atoms. The number of carbonyl (C=O) groups excluding carboxylic acids is 1. The molecule has 0 fully saturated rings. The van der Waals surface area contributed by atoms with Crippen LogP contribution in [0.25, 0.3) is 0 Å². The molecule has 1 aliphatic rings. The van der Waals surface area contributed by atoms with Crippen LogP contribution in [0, 0.1) is 6.92 Å². The van der Waals surface area contributed by atoms with Gasteiger partial charge in [0.2, 0.25) is 5.91 Å². The summed E-state index contributed by atoms with van der Waals surface area (Å²) in [5.41, 5.74) is 7.21. The van der Waals surface area contributed by atoms with Gasteiger partial charge in [-0.1, -0.05) is 23.4 Å². The van der Waals surface area contributed by atoms with Crippen LogP contribution in [0.3, 0.4) is 0 Å². The molecule has 98 valence electrons. The van der Waals surface area contributed by atoms with E-state index >= 15 is 0 Å². The minimum absolute atomic E-state index is 0.208. The first kappa shape index (κ1) is 12.9. The molecule has 0 saturated carbocycles. The highest BCUT2D eigenvalue weighted by molar-refractivity contribution is 8.01. The number of carbonyl (C=O) groups is 1. The van der Waals surface area contributed by atoms with Crippen LogP contribution in [0.15, 0.2) is 21.4 Å². The quantitative estimate of drug-likeness (QED) is 0.891. The molecule has 1 aliphatic heterocycles. The van der Waals surface area contributed by atoms with Gasteiger partial charge >= 0.3 is 0 Å². The van der Waals surface area contributed by atoms with Gasteiger partial charge in [0.25, 0.3) is 0 Å². The monoisotopic (exact) mass is 312 g/mol. The predicted octanol–water partition coefficient (Wildman–Crippen LogP) is 2.60. The van der Waals surface area contributed by atoms with Crippen molar-refractivity contribution >= 4 is 46.5 Å². The summed E-state index contributed by atoms with van der Waals surface area (Å²) in [6.07, 6.45) is 0. The van der Waals surface area contributed by atoms with E-state index in [1.807, 2.05) is 13.0 Å². The minimum Gasteiger partial charge on any atom is -0.324 e. The molecule has 0 aliphatic carbocycles. The second-order valence-electron chi connectivity index (χ2n) is 4.05. The summed E-state index contributed by atoms with van der Waals surface area (Å²) in [5.74, 6) is 0.528. The molecule has 3 rings (SSSR count). The number of hydrogen-bond acceptors (Lipinski definition) is 6. The Kier molecular flexibility index (Phi) is 3.22. The largest absolute Gasteiger partial charge is 0.324 e. The molecule has 1 amide bonds. The number of halogens is 1. The Morgan fingerprint density at radius 1 is 1.53 bits per heavy atom. The number of nitrogens with zero attached hydrogens (tertiary/aromatic N) is 2. The van der Waals surface area contributed by atoms with Crippen LogP contribution in [0.5, 0.6) is 0 Å². The van der Waals surface area contributed by atoms with Crippen LogP contribution in [0.4, 0.5) is 5.69 Å². The van der Waals surface area contributed by atoms with E-state index < -0.39 is 6.04 Å². The second kappa shape index (κ2) is 4.75. The van der Waals surface area contributed by atoms with Gasteiger partial charge in [0, 0.05) is 16.1 Å². The maximum Gasteiger partial charge on any atom is 0.245 e. The Morgan fingerprint density at radius 2 is 2.32 bits per heavy atom. The number of benzene rings is 1. The molecule has 2 aromatic rings. The van der Waals surface area contributed by atoms with Gasteiger partial charge in [0.05, 0.1) is 5.02 Å². The average molecular weight is 313 g/mol. The topological polar surface area (TPSA) is 80.9 Å². The van der Waals surface area contributed by atoms with Crippen molar-refractivity contribution in [3.8, 4) is 0 Å². The van der Waals surface area contributed by atoms with E-state index in [-0.39, 0.29) is 5.91 Å². The number of aryl methyl sites for hydroxylation is 1. The molecule has 19 heavy (non-hydrogen) atoms. The third kappa shape index (κ3) is 2.34. The fourth-order valence-electron chi connectivity index (χ4n) is 1.78. The Bertz CT molecular complexity index is 673. The van der Waals surface area contributed by atoms with E-state index in [0.717, 1.165) is 20.6 Å². The summed E-state index contributed by atoms with van der Waals surface area (Å²) in [7, 11) is 0. The smallest absolute Gasteiger partial charge is 0.245 e. The van der Waals surface area contributed by atoms with Crippen molar-refractivity contribution in [2.75, 3.05) is 5.32 Å². The summed E-state index contributed by atoms with van der Waals surface area (Å²) in [6, 6.07) is 2.91. The lowest BCUT2D eigenvalue weighted by atomic mass is 10.1. The highest BCUT2D eigenvalue weighted by Crippen LogP contribution is 2.40. The molecule has 2 heterocycles. The Morgan fingerprint density at radius 3 is 3.00 bits per heavy atom. The van der Waals surface area contributed by atoms with Crippen LogP contribution in [-0.2, 0) is 4.79 Å². The molecule has 0 radical (unpaired) electrons. The highest BCUT2D eigenvalue weighted by Gasteiger charge is 2.28. The summed E-state index contributed by atoms with van der Waals surface area (Å²) in [6.45, 7) is 1.84. The van der Waals surface area contributed by atoms with Crippen LogP contribution in [0.2, 0.25) is 5.02 Å². The number of anilines is 1. The van der Waals surface area contributed by atoms with Crippen molar-refractivity contribution in [1.29, 1.82) is 0 Å². The predicted molar refractivity (Wildman–Crippen MR) is 75.8 cm³/mol. The van der Waals surface area contributed by atoms with Crippen molar-refractivity contribution < 1.29 is 4.79 Å². The zero-order chi connectivity index (χ0) is 13.6. The van der Waals surface area contributed by atoms with E-state index in [1.54, 1.807) is 6.07 Å². The van der Waals surface area contributed by atoms with Crippen LogP contribution >= 0.6 is 34.9 Å². The van der Waals surface area contributed by atoms with Crippen LogP contribution < -0.4 is 11.1 Å². The molecule has 5 nitrogen and oxygen atoms in total. The number of rotatable bonds is 2. The number of aromatic nitrogens is 2. The Hall–Kier alpha value is -1.15. The molecule has 1 aromatic heterocycles. The van der Waals surface area contributed by atoms with Gasteiger partial charge in [-0.05, 0) is 30.6 Å².